The molecule has 0 saturated carbocycles. The molecule has 0 spiro atoms. The van der Waals surface area contributed by atoms with Crippen molar-refractivity contribution in [2.24, 2.45) is 0 Å². The first-order valence-corrected chi connectivity index (χ1v) is 17.8. The highest BCUT2D eigenvalue weighted by Crippen LogP contribution is 2.36. The predicted molar refractivity (Wildman–Crippen MR) is 173 cm³/mol. The molecule has 6 rings (SSSR count). The Balaban J connectivity index is 1.30. The third-order valence-corrected chi connectivity index (χ3v) is 10.7. The van der Waals surface area contributed by atoms with E-state index >= 15 is 0 Å². The Kier molecular flexibility index (Phi) is 9.02. The SMILES string of the molecule is CS(=O)(=O)N1CCc2c(c(-c3ccc(Cl)c(-c4cccc(C(=O)NCc5cccs5)c4)c3)nn2CCCN2CCCC2)C1. The minimum Gasteiger partial charge on any atom is -0.347 e. The van der Waals surface area contributed by atoms with Crippen molar-refractivity contribution in [1.82, 2.24) is 24.3 Å². The van der Waals surface area contributed by atoms with Gasteiger partial charge in [-0.15, -0.1) is 11.3 Å². The number of benzene rings is 2. The van der Waals surface area contributed by atoms with Crippen molar-refractivity contribution in [3.8, 4) is 22.4 Å². The molecule has 0 radical (unpaired) electrons. The number of hydrogen-bond acceptors (Lipinski definition) is 6. The van der Waals surface area contributed by atoms with Gasteiger partial charge in [-0.05, 0) is 80.2 Å². The van der Waals surface area contributed by atoms with E-state index in [2.05, 4.69) is 14.9 Å². The Bertz CT molecular complexity index is 1710. The molecule has 1 N–H and O–H groups in total. The molecule has 1 amide bonds. The van der Waals surface area contributed by atoms with Gasteiger partial charge in [-0.25, -0.2) is 8.42 Å². The molecule has 2 aliphatic heterocycles. The Labute approximate surface area is 262 Å². The summed E-state index contributed by atoms with van der Waals surface area (Å²) in [6.07, 6.45) is 5.43. The lowest BCUT2D eigenvalue weighted by atomic mass is 9.97. The lowest BCUT2D eigenvalue weighted by molar-refractivity contribution is 0.0951. The third kappa shape index (κ3) is 6.89. The summed E-state index contributed by atoms with van der Waals surface area (Å²) in [6, 6.07) is 17.2. The fourth-order valence-electron chi connectivity index (χ4n) is 6.02. The number of nitrogens with zero attached hydrogens (tertiary/aromatic N) is 4. The average Bonchev–Trinajstić information content (AvgIpc) is 3.78. The van der Waals surface area contributed by atoms with Crippen molar-refractivity contribution in [2.45, 2.75) is 45.3 Å². The summed E-state index contributed by atoms with van der Waals surface area (Å²) in [7, 11) is -3.35. The zero-order valence-corrected chi connectivity index (χ0v) is 26.6. The van der Waals surface area contributed by atoms with Gasteiger partial charge in [0.15, 0.2) is 0 Å². The van der Waals surface area contributed by atoms with Gasteiger partial charge in [0.05, 0.1) is 18.5 Å². The minimum atomic E-state index is -3.35. The van der Waals surface area contributed by atoms with Gasteiger partial charge in [-0.3, -0.25) is 9.48 Å². The third-order valence-electron chi connectivity index (χ3n) is 8.29. The highest BCUT2D eigenvalue weighted by molar-refractivity contribution is 7.88. The van der Waals surface area contributed by atoms with E-state index in [1.165, 1.54) is 23.4 Å². The molecule has 4 heterocycles. The van der Waals surface area contributed by atoms with Crippen LogP contribution in [0, 0.1) is 0 Å². The van der Waals surface area contributed by atoms with Crippen LogP contribution in [0.3, 0.4) is 0 Å². The fourth-order valence-corrected chi connectivity index (χ4v) is 7.68. The van der Waals surface area contributed by atoms with Crippen LogP contribution < -0.4 is 5.32 Å². The molecule has 43 heavy (non-hydrogen) atoms. The molecule has 4 aromatic rings. The van der Waals surface area contributed by atoms with Gasteiger partial charge in [0.1, 0.15) is 0 Å². The largest absolute Gasteiger partial charge is 0.347 e. The smallest absolute Gasteiger partial charge is 0.251 e. The molecule has 2 aromatic carbocycles. The van der Waals surface area contributed by atoms with Crippen LogP contribution in [0.4, 0.5) is 0 Å². The number of fused-ring (bicyclic) bond motifs is 1. The molecule has 1 fully saturated rings. The molecular formula is C32H36ClN5O3S2. The van der Waals surface area contributed by atoms with Gasteiger partial charge >= 0.3 is 0 Å². The maximum atomic E-state index is 12.9. The van der Waals surface area contributed by atoms with Crippen molar-refractivity contribution in [1.29, 1.82) is 0 Å². The van der Waals surface area contributed by atoms with Crippen molar-refractivity contribution >= 4 is 38.9 Å². The van der Waals surface area contributed by atoms with E-state index in [0.29, 0.717) is 36.6 Å². The predicted octanol–water partition coefficient (Wildman–Crippen LogP) is 5.67. The summed E-state index contributed by atoms with van der Waals surface area (Å²) < 4.78 is 28.6. The standard InChI is InChI=1S/C32H36ClN5O3S2/c1-43(40,41)37-17-12-30-28(22-37)31(35-38(30)16-6-15-36-13-2-3-14-36)24-10-11-29(33)27(20-24)23-7-4-8-25(19-23)32(39)34-21-26-9-5-18-42-26/h4-5,7-11,18-20H,2-3,6,12-17,21-22H2,1H3,(H,34,39). The first-order valence-electron chi connectivity index (χ1n) is 14.7. The second-order valence-corrected chi connectivity index (χ2v) is 14.7. The molecule has 0 aliphatic carbocycles. The summed E-state index contributed by atoms with van der Waals surface area (Å²) in [5, 5.41) is 10.6. The second kappa shape index (κ2) is 12.9. The van der Waals surface area contributed by atoms with Crippen LogP contribution in [-0.2, 0) is 36.1 Å². The van der Waals surface area contributed by atoms with Gasteiger partial charge < -0.3 is 10.2 Å². The van der Waals surface area contributed by atoms with Crippen molar-refractivity contribution in [3.05, 3.63) is 86.7 Å². The average molecular weight is 638 g/mol. The summed E-state index contributed by atoms with van der Waals surface area (Å²) in [6.45, 7) is 5.40. The molecule has 0 unspecified atom stereocenters. The van der Waals surface area contributed by atoms with Crippen LogP contribution in [0.15, 0.2) is 60.0 Å². The molecule has 0 atom stereocenters. The first-order chi connectivity index (χ1) is 20.8. The molecule has 8 nitrogen and oxygen atoms in total. The van der Waals surface area contributed by atoms with Crippen LogP contribution in [0.25, 0.3) is 22.4 Å². The Hall–Kier alpha value is -3.02. The molecule has 2 aliphatic rings. The molecule has 2 aromatic heterocycles. The Morgan fingerprint density at radius 2 is 1.86 bits per heavy atom. The molecule has 11 heteroatoms. The molecule has 226 valence electrons. The van der Waals surface area contributed by atoms with Crippen LogP contribution in [0.1, 0.15) is 45.8 Å². The maximum Gasteiger partial charge on any atom is 0.251 e. The Morgan fingerprint density at radius 3 is 2.63 bits per heavy atom. The zero-order valence-electron chi connectivity index (χ0n) is 24.3. The number of hydrogen-bond donors (Lipinski definition) is 1. The first kappa shape index (κ1) is 30.0. The van der Waals surface area contributed by atoms with E-state index in [1.807, 2.05) is 53.9 Å². The number of aryl methyl sites for hydroxylation is 1. The highest BCUT2D eigenvalue weighted by Gasteiger charge is 2.30. The number of nitrogens with one attached hydrogen (secondary N) is 1. The fraction of sp³-hybridized carbons (Fsp3) is 0.375. The zero-order chi connectivity index (χ0) is 30.0. The minimum absolute atomic E-state index is 0.148. The number of carbonyl (C=O) groups excluding carboxylic acids is 1. The van der Waals surface area contributed by atoms with Crippen LogP contribution in [0.5, 0.6) is 0 Å². The number of carbonyl (C=O) groups is 1. The van der Waals surface area contributed by atoms with E-state index in [1.54, 1.807) is 17.4 Å². The summed E-state index contributed by atoms with van der Waals surface area (Å²) >= 11 is 8.33. The van der Waals surface area contributed by atoms with E-state index in [9.17, 15) is 13.2 Å². The second-order valence-electron chi connectivity index (χ2n) is 11.3. The van der Waals surface area contributed by atoms with E-state index in [-0.39, 0.29) is 5.91 Å². The van der Waals surface area contributed by atoms with Gasteiger partial charge in [-0.1, -0.05) is 35.9 Å². The number of likely N-dealkylation sites (tertiary alicyclic amines) is 1. The van der Waals surface area contributed by atoms with Gasteiger partial charge in [0.2, 0.25) is 10.0 Å². The van der Waals surface area contributed by atoms with E-state index in [0.717, 1.165) is 71.1 Å². The van der Waals surface area contributed by atoms with Gasteiger partial charge in [0.25, 0.3) is 5.91 Å². The summed E-state index contributed by atoms with van der Waals surface area (Å²) in [5.74, 6) is -0.148. The number of rotatable bonds is 10. The molecular weight excluding hydrogens is 602 g/mol. The number of thiophene rings is 1. The van der Waals surface area contributed by atoms with Crippen molar-refractivity contribution in [2.75, 3.05) is 32.4 Å². The number of aromatic nitrogens is 2. The van der Waals surface area contributed by atoms with Crippen LogP contribution in [-0.4, -0.2) is 65.7 Å². The summed E-state index contributed by atoms with van der Waals surface area (Å²) in [4.78, 5) is 16.5. The summed E-state index contributed by atoms with van der Waals surface area (Å²) in [5.41, 5.74) is 5.89. The molecule has 1 saturated heterocycles. The van der Waals surface area contributed by atoms with Gasteiger partial charge in [0, 0.05) is 63.9 Å². The normalized spacial score (nSPS) is 16.0. The Morgan fingerprint density at radius 1 is 1.02 bits per heavy atom. The van der Waals surface area contributed by atoms with Crippen molar-refractivity contribution in [3.63, 3.8) is 0 Å². The lowest BCUT2D eigenvalue weighted by Gasteiger charge is -2.26. The monoisotopic (exact) mass is 637 g/mol. The lowest BCUT2D eigenvalue weighted by Crippen LogP contribution is -2.35. The highest BCUT2D eigenvalue weighted by atomic mass is 35.5. The molecule has 0 bridgehead atoms. The van der Waals surface area contributed by atoms with Crippen LogP contribution in [0.2, 0.25) is 5.02 Å². The van der Waals surface area contributed by atoms with Crippen LogP contribution >= 0.6 is 22.9 Å². The topological polar surface area (TPSA) is 87.5 Å². The maximum absolute atomic E-state index is 12.9. The number of sulfonamides is 1. The quantitative estimate of drug-likeness (QED) is 0.242. The van der Waals surface area contributed by atoms with Gasteiger partial charge in [-0.2, -0.15) is 9.40 Å². The number of halogens is 1. The number of amides is 1. The van der Waals surface area contributed by atoms with E-state index in [4.69, 9.17) is 16.7 Å². The van der Waals surface area contributed by atoms with Crippen molar-refractivity contribution < 1.29 is 13.2 Å². The van der Waals surface area contributed by atoms with E-state index < -0.39 is 10.0 Å².